The lowest BCUT2D eigenvalue weighted by Crippen LogP contribution is -2.50. The van der Waals surface area contributed by atoms with Gasteiger partial charge in [0.15, 0.2) is 0 Å². The van der Waals surface area contributed by atoms with Gasteiger partial charge in [0, 0.05) is 24.5 Å². The Labute approximate surface area is 173 Å². The van der Waals surface area contributed by atoms with Gasteiger partial charge in [0.1, 0.15) is 6.04 Å². The predicted molar refractivity (Wildman–Crippen MR) is 116 cm³/mol. The Bertz CT molecular complexity index is 777. The molecule has 0 saturated heterocycles. The molecule has 1 N–H and O–H groups in total. The van der Waals surface area contributed by atoms with Gasteiger partial charge in [-0.3, -0.25) is 14.6 Å². The molecule has 2 rings (SSSR count). The molecule has 5 heteroatoms. The topological polar surface area (TPSA) is 62.3 Å². The van der Waals surface area contributed by atoms with Crippen molar-refractivity contribution in [1.29, 1.82) is 0 Å². The lowest BCUT2D eigenvalue weighted by Gasteiger charge is -2.36. The minimum atomic E-state index is -0.558. The van der Waals surface area contributed by atoms with Crippen LogP contribution >= 0.6 is 0 Å². The average Bonchev–Trinajstić information content (AvgIpc) is 2.77. The molecule has 154 valence electrons. The molecule has 2 unspecified atom stereocenters. The molecule has 0 aliphatic carbocycles. The number of hydrogen-bond acceptors (Lipinski definition) is 3. The van der Waals surface area contributed by atoms with Crippen LogP contribution in [0.1, 0.15) is 61.5 Å². The van der Waals surface area contributed by atoms with Crippen molar-refractivity contribution < 1.29 is 9.59 Å². The number of pyridine rings is 1. The zero-order valence-corrected chi connectivity index (χ0v) is 17.4. The van der Waals surface area contributed by atoms with E-state index in [-0.39, 0.29) is 17.9 Å². The largest absolute Gasteiger partial charge is 0.351 e. The lowest BCUT2D eigenvalue weighted by molar-refractivity contribution is -0.126. The first-order chi connectivity index (χ1) is 14.1. The van der Waals surface area contributed by atoms with Crippen molar-refractivity contribution in [3.63, 3.8) is 0 Å². The Hall–Kier alpha value is -2.95. The van der Waals surface area contributed by atoms with Crippen LogP contribution in [0.15, 0.2) is 67.5 Å². The minimum absolute atomic E-state index is 0.147. The highest BCUT2D eigenvalue weighted by Crippen LogP contribution is 2.27. The Morgan fingerprint density at radius 3 is 2.45 bits per heavy atom. The summed E-state index contributed by atoms with van der Waals surface area (Å²) >= 11 is 0. The highest BCUT2D eigenvalue weighted by atomic mass is 16.2. The van der Waals surface area contributed by atoms with Gasteiger partial charge >= 0.3 is 0 Å². The predicted octanol–water partition coefficient (Wildman–Crippen LogP) is 4.54. The van der Waals surface area contributed by atoms with Gasteiger partial charge in [-0.15, -0.1) is 6.58 Å². The summed E-state index contributed by atoms with van der Waals surface area (Å²) in [6.45, 7) is 8.15. The van der Waals surface area contributed by atoms with Crippen LogP contribution in [0.25, 0.3) is 0 Å². The number of unbranched alkanes of at least 4 members (excludes halogenated alkanes) is 2. The monoisotopic (exact) mass is 393 g/mol. The number of amides is 2. The van der Waals surface area contributed by atoms with Crippen molar-refractivity contribution in [3.8, 4) is 0 Å². The molecule has 1 heterocycles. The Morgan fingerprint density at radius 1 is 1.14 bits per heavy atom. The van der Waals surface area contributed by atoms with Crippen LogP contribution in [0, 0.1) is 0 Å². The standard InChI is InChI=1S/C24H31N3O2/c1-4-6-8-13-22(23(28)26-16-5-2)27(19(3)20-11-9-7-10-12-20)24(29)21-14-17-25-18-15-21/h5,7,9-12,14-15,17-19,22H,2,4,6,8,13,16H2,1,3H3,(H,26,28). The van der Waals surface area contributed by atoms with Crippen molar-refractivity contribution in [2.75, 3.05) is 6.54 Å². The van der Waals surface area contributed by atoms with Crippen LogP contribution in [0.3, 0.4) is 0 Å². The third-order valence-electron chi connectivity index (χ3n) is 5.00. The van der Waals surface area contributed by atoms with Gasteiger partial charge in [0.05, 0.1) is 6.04 Å². The van der Waals surface area contributed by atoms with Crippen LogP contribution in [0.5, 0.6) is 0 Å². The molecule has 1 aromatic carbocycles. The molecular formula is C24H31N3O2. The SMILES string of the molecule is C=CCNC(=O)C(CCCCC)N(C(=O)c1ccncc1)C(C)c1ccccc1. The zero-order valence-electron chi connectivity index (χ0n) is 17.4. The molecule has 0 aliphatic heterocycles. The molecule has 0 radical (unpaired) electrons. The number of aromatic nitrogens is 1. The summed E-state index contributed by atoms with van der Waals surface area (Å²) in [4.78, 5) is 32.3. The van der Waals surface area contributed by atoms with E-state index in [1.807, 2.05) is 37.3 Å². The first kappa shape index (κ1) is 22.3. The van der Waals surface area contributed by atoms with Crippen molar-refractivity contribution >= 4 is 11.8 Å². The van der Waals surface area contributed by atoms with E-state index in [1.165, 1.54) is 0 Å². The first-order valence-corrected chi connectivity index (χ1v) is 10.3. The molecule has 5 nitrogen and oxygen atoms in total. The van der Waals surface area contributed by atoms with Gasteiger partial charge in [0.25, 0.3) is 5.91 Å². The number of nitrogens with one attached hydrogen (secondary N) is 1. The number of nitrogens with zero attached hydrogens (tertiary/aromatic N) is 2. The minimum Gasteiger partial charge on any atom is -0.351 e. The fourth-order valence-electron chi connectivity index (χ4n) is 3.40. The van der Waals surface area contributed by atoms with E-state index in [1.54, 1.807) is 35.5 Å². The first-order valence-electron chi connectivity index (χ1n) is 10.3. The molecule has 2 aromatic rings. The van der Waals surface area contributed by atoms with E-state index in [0.717, 1.165) is 24.8 Å². The molecule has 0 aliphatic rings. The second-order valence-electron chi connectivity index (χ2n) is 7.08. The van der Waals surface area contributed by atoms with Crippen LogP contribution in [-0.2, 0) is 4.79 Å². The molecule has 1 aromatic heterocycles. The van der Waals surface area contributed by atoms with Gasteiger partial charge in [-0.1, -0.05) is 62.6 Å². The summed E-state index contributed by atoms with van der Waals surface area (Å²) in [7, 11) is 0. The molecule has 2 amide bonds. The molecule has 0 bridgehead atoms. The van der Waals surface area contributed by atoms with E-state index < -0.39 is 6.04 Å². The highest BCUT2D eigenvalue weighted by Gasteiger charge is 2.34. The number of carbonyl (C=O) groups is 2. The maximum atomic E-state index is 13.5. The van der Waals surface area contributed by atoms with Gasteiger partial charge in [-0.25, -0.2) is 0 Å². The van der Waals surface area contributed by atoms with E-state index >= 15 is 0 Å². The summed E-state index contributed by atoms with van der Waals surface area (Å²) in [6, 6.07) is 12.4. The number of benzene rings is 1. The quantitative estimate of drug-likeness (QED) is 0.450. The molecule has 0 fully saturated rings. The van der Waals surface area contributed by atoms with Gasteiger partial charge in [-0.2, -0.15) is 0 Å². The van der Waals surface area contributed by atoms with E-state index in [2.05, 4.69) is 23.8 Å². The Balaban J connectivity index is 2.43. The third kappa shape index (κ3) is 6.28. The van der Waals surface area contributed by atoms with E-state index in [0.29, 0.717) is 18.5 Å². The maximum Gasteiger partial charge on any atom is 0.255 e. The normalized spacial score (nSPS) is 12.6. The molecule has 2 atom stereocenters. The van der Waals surface area contributed by atoms with Gasteiger partial charge in [0.2, 0.25) is 5.91 Å². The molecule has 0 saturated carbocycles. The lowest BCUT2D eigenvalue weighted by atomic mass is 9.99. The van der Waals surface area contributed by atoms with Crippen molar-refractivity contribution in [2.45, 2.75) is 51.6 Å². The van der Waals surface area contributed by atoms with Gasteiger partial charge in [-0.05, 0) is 31.0 Å². The number of rotatable bonds is 11. The fourth-order valence-corrected chi connectivity index (χ4v) is 3.40. The summed E-state index contributed by atoms with van der Waals surface area (Å²) in [5.41, 5.74) is 1.52. The van der Waals surface area contributed by atoms with Crippen LogP contribution < -0.4 is 5.32 Å². The molecule has 29 heavy (non-hydrogen) atoms. The number of carbonyl (C=O) groups excluding carboxylic acids is 2. The summed E-state index contributed by atoms with van der Waals surface area (Å²) in [5, 5.41) is 2.89. The smallest absolute Gasteiger partial charge is 0.255 e. The number of hydrogen-bond donors (Lipinski definition) is 1. The molecule has 0 spiro atoms. The summed E-state index contributed by atoms with van der Waals surface area (Å²) in [6.07, 6.45) is 8.41. The fraction of sp³-hybridized carbons (Fsp3) is 0.375. The van der Waals surface area contributed by atoms with Crippen LogP contribution in [0.4, 0.5) is 0 Å². The summed E-state index contributed by atoms with van der Waals surface area (Å²) < 4.78 is 0. The Kier molecular flexibility index (Phi) is 9.09. The van der Waals surface area contributed by atoms with Crippen LogP contribution in [0.2, 0.25) is 0 Å². The second-order valence-corrected chi connectivity index (χ2v) is 7.08. The van der Waals surface area contributed by atoms with Crippen molar-refractivity contribution in [3.05, 3.63) is 78.6 Å². The second kappa shape index (κ2) is 11.8. The van der Waals surface area contributed by atoms with E-state index in [4.69, 9.17) is 0 Å². The zero-order chi connectivity index (χ0) is 21.1. The molecular weight excluding hydrogens is 362 g/mol. The Morgan fingerprint density at radius 2 is 1.83 bits per heavy atom. The maximum absolute atomic E-state index is 13.5. The average molecular weight is 394 g/mol. The van der Waals surface area contributed by atoms with Crippen molar-refractivity contribution in [2.24, 2.45) is 0 Å². The van der Waals surface area contributed by atoms with E-state index in [9.17, 15) is 9.59 Å². The van der Waals surface area contributed by atoms with Gasteiger partial charge < -0.3 is 10.2 Å². The van der Waals surface area contributed by atoms with Crippen LogP contribution in [-0.4, -0.2) is 34.3 Å². The highest BCUT2D eigenvalue weighted by molar-refractivity contribution is 5.97. The third-order valence-corrected chi connectivity index (χ3v) is 5.00. The summed E-state index contributed by atoms with van der Waals surface area (Å²) in [5.74, 6) is -0.315. The van der Waals surface area contributed by atoms with Crippen molar-refractivity contribution in [1.82, 2.24) is 15.2 Å².